The second-order valence-electron chi connectivity index (χ2n) is 5.36. The van der Waals surface area contributed by atoms with Gasteiger partial charge in [0.2, 0.25) is 0 Å². The maximum atomic E-state index is 4.63. The summed E-state index contributed by atoms with van der Waals surface area (Å²) in [5, 5.41) is 8.08. The van der Waals surface area contributed by atoms with Gasteiger partial charge in [-0.05, 0) is 39.3 Å². The molecule has 0 spiro atoms. The maximum Gasteiger partial charge on any atom is 0.106 e. The number of nitrogens with one attached hydrogen (secondary N) is 1. The fraction of sp³-hybridized carbons (Fsp3) is 0.625. The van der Waals surface area contributed by atoms with Crippen LogP contribution in [0.4, 0.5) is 0 Å². The quantitative estimate of drug-likeness (QED) is 0.760. The Morgan fingerprint density at radius 2 is 2.00 bits per heavy atom. The van der Waals surface area contributed by atoms with E-state index in [1.54, 1.807) is 0 Å². The number of rotatable bonds is 8. The first kappa shape index (κ1) is 15.8. The molecule has 21 heavy (non-hydrogen) atoms. The first-order chi connectivity index (χ1) is 10.2. The Morgan fingerprint density at radius 1 is 1.19 bits per heavy atom. The standard InChI is InChI=1S/C16H27N5/c1-5-8-17-10-16-11-18-13(4)20(16)12-15-9-14(6-2)19-21(15)7-3/h9,11,17H,5-8,10,12H2,1-4H3. The van der Waals surface area contributed by atoms with Crippen LogP contribution in [0.2, 0.25) is 0 Å². The molecule has 0 radical (unpaired) electrons. The van der Waals surface area contributed by atoms with E-state index in [2.05, 4.69) is 58.4 Å². The molecule has 2 aromatic rings. The highest BCUT2D eigenvalue weighted by Gasteiger charge is 2.11. The Morgan fingerprint density at radius 3 is 2.67 bits per heavy atom. The zero-order chi connectivity index (χ0) is 15.2. The number of imidazole rings is 1. The van der Waals surface area contributed by atoms with Gasteiger partial charge in [-0.3, -0.25) is 4.68 Å². The second-order valence-corrected chi connectivity index (χ2v) is 5.36. The fourth-order valence-electron chi connectivity index (χ4n) is 2.52. The van der Waals surface area contributed by atoms with Crippen LogP contribution in [0.25, 0.3) is 0 Å². The maximum absolute atomic E-state index is 4.63. The van der Waals surface area contributed by atoms with E-state index < -0.39 is 0 Å². The van der Waals surface area contributed by atoms with Crippen LogP contribution in [0.3, 0.4) is 0 Å². The van der Waals surface area contributed by atoms with Crippen molar-refractivity contribution in [2.75, 3.05) is 6.54 Å². The van der Waals surface area contributed by atoms with E-state index in [0.29, 0.717) is 0 Å². The molecule has 0 aromatic carbocycles. The monoisotopic (exact) mass is 289 g/mol. The highest BCUT2D eigenvalue weighted by Crippen LogP contribution is 2.12. The molecule has 0 amide bonds. The number of hydrogen-bond acceptors (Lipinski definition) is 3. The van der Waals surface area contributed by atoms with Crippen LogP contribution in [0.5, 0.6) is 0 Å². The molecule has 2 aromatic heterocycles. The molecule has 2 heterocycles. The average Bonchev–Trinajstić information content (AvgIpc) is 3.05. The molecule has 0 aliphatic rings. The first-order valence-corrected chi connectivity index (χ1v) is 7.96. The molecule has 0 fully saturated rings. The van der Waals surface area contributed by atoms with E-state index in [1.165, 1.54) is 11.4 Å². The zero-order valence-corrected chi connectivity index (χ0v) is 13.7. The van der Waals surface area contributed by atoms with Gasteiger partial charge in [-0.15, -0.1) is 0 Å². The van der Waals surface area contributed by atoms with Crippen molar-refractivity contribution in [2.24, 2.45) is 0 Å². The molecule has 0 saturated carbocycles. The summed E-state index contributed by atoms with van der Waals surface area (Å²) in [5.41, 5.74) is 3.66. The summed E-state index contributed by atoms with van der Waals surface area (Å²) in [6.45, 7) is 12.2. The minimum atomic E-state index is 0.843. The minimum Gasteiger partial charge on any atom is -0.325 e. The highest BCUT2D eigenvalue weighted by molar-refractivity contribution is 5.14. The van der Waals surface area contributed by atoms with Gasteiger partial charge in [0.1, 0.15) is 5.82 Å². The van der Waals surface area contributed by atoms with Crippen molar-refractivity contribution in [2.45, 2.75) is 60.2 Å². The van der Waals surface area contributed by atoms with E-state index in [9.17, 15) is 0 Å². The van der Waals surface area contributed by atoms with Gasteiger partial charge in [-0.2, -0.15) is 5.10 Å². The Bertz CT molecular complexity index is 567. The van der Waals surface area contributed by atoms with Crippen LogP contribution >= 0.6 is 0 Å². The van der Waals surface area contributed by atoms with Crippen LogP contribution in [-0.2, 0) is 26.1 Å². The van der Waals surface area contributed by atoms with E-state index >= 15 is 0 Å². The lowest BCUT2D eigenvalue weighted by Crippen LogP contribution is -2.18. The molecular weight excluding hydrogens is 262 g/mol. The van der Waals surface area contributed by atoms with Crippen molar-refractivity contribution < 1.29 is 0 Å². The van der Waals surface area contributed by atoms with Crippen molar-refractivity contribution in [1.82, 2.24) is 24.6 Å². The average molecular weight is 289 g/mol. The van der Waals surface area contributed by atoms with Gasteiger partial charge in [-0.25, -0.2) is 4.98 Å². The Balaban J connectivity index is 2.18. The molecule has 0 aliphatic heterocycles. The van der Waals surface area contributed by atoms with Gasteiger partial charge in [0.05, 0.1) is 23.6 Å². The Hall–Kier alpha value is -1.62. The van der Waals surface area contributed by atoms with Crippen molar-refractivity contribution in [3.8, 4) is 0 Å². The zero-order valence-electron chi connectivity index (χ0n) is 13.7. The number of nitrogens with zero attached hydrogens (tertiary/aromatic N) is 4. The molecule has 2 rings (SSSR count). The summed E-state index contributed by atoms with van der Waals surface area (Å²) in [7, 11) is 0. The lowest BCUT2D eigenvalue weighted by atomic mass is 10.3. The molecule has 116 valence electrons. The first-order valence-electron chi connectivity index (χ1n) is 7.96. The normalized spacial score (nSPS) is 11.2. The molecule has 5 heteroatoms. The Labute approximate surface area is 127 Å². The predicted octanol–water partition coefficient (Wildman–Crippen LogP) is 2.52. The SMILES string of the molecule is CCCNCc1cnc(C)n1Cc1cc(CC)nn1CC. The molecule has 0 aliphatic carbocycles. The van der Waals surface area contributed by atoms with Crippen LogP contribution in [0, 0.1) is 6.92 Å². The van der Waals surface area contributed by atoms with E-state index in [4.69, 9.17) is 0 Å². The van der Waals surface area contributed by atoms with Gasteiger partial charge in [0.25, 0.3) is 0 Å². The lowest BCUT2D eigenvalue weighted by Gasteiger charge is -2.12. The van der Waals surface area contributed by atoms with Crippen LogP contribution < -0.4 is 5.32 Å². The molecule has 0 bridgehead atoms. The van der Waals surface area contributed by atoms with Crippen LogP contribution in [0.15, 0.2) is 12.3 Å². The second kappa shape index (κ2) is 7.41. The topological polar surface area (TPSA) is 47.7 Å². The smallest absolute Gasteiger partial charge is 0.106 e. The molecule has 0 saturated heterocycles. The lowest BCUT2D eigenvalue weighted by molar-refractivity contribution is 0.571. The van der Waals surface area contributed by atoms with E-state index in [-0.39, 0.29) is 0 Å². The third-order valence-electron chi connectivity index (χ3n) is 3.77. The predicted molar refractivity (Wildman–Crippen MR) is 85.3 cm³/mol. The van der Waals surface area contributed by atoms with Crippen LogP contribution in [-0.4, -0.2) is 25.9 Å². The summed E-state index contributed by atoms with van der Waals surface area (Å²) < 4.78 is 4.38. The summed E-state index contributed by atoms with van der Waals surface area (Å²) in [4.78, 5) is 4.47. The van der Waals surface area contributed by atoms with Crippen molar-refractivity contribution in [1.29, 1.82) is 0 Å². The summed E-state index contributed by atoms with van der Waals surface area (Å²) >= 11 is 0. The minimum absolute atomic E-state index is 0.843. The number of aromatic nitrogens is 4. The third-order valence-corrected chi connectivity index (χ3v) is 3.77. The molecule has 0 unspecified atom stereocenters. The van der Waals surface area contributed by atoms with Crippen molar-refractivity contribution >= 4 is 0 Å². The van der Waals surface area contributed by atoms with Crippen LogP contribution in [0.1, 0.15) is 50.1 Å². The summed E-state index contributed by atoms with van der Waals surface area (Å²) in [5.74, 6) is 1.06. The number of aryl methyl sites for hydroxylation is 3. The van der Waals surface area contributed by atoms with Crippen molar-refractivity contribution in [3.63, 3.8) is 0 Å². The van der Waals surface area contributed by atoms with Gasteiger partial charge in [-0.1, -0.05) is 13.8 Å². The Kier molecular flexibility index (Phi) is 5.56. The number of hydrogen-bond donors (Lipinski definition) is 1. The van der Waals surface area contributed by atoms with Crippen molar-refractivity contribution in [3.05, 3.63) is 35.2 Å². The summed E-state index contributed by atoms with van der Waals surface area (Å²) in [6, 6.07) is 2.21. The van der Waals surface area contributed by atoms with E-state index in [0.717, 1.165) is 50.5 Å². The van der Waals surface area contributed by atoms with Gasteiger partial charge < -0.3 is 9.88 Å². The third kappa shape index (κ3) is 3.73. The molecular formula is C16H27N5. The van der Waals surface area contributed by atoms with E-state index in [1.807, 2.05) is 6.20 Å². The molecule has 5 nitrogen and oxygen atoms in total. The molecule has 1 N–H and O–H groups in total. The van der Waals surface area contributed by atoms with Gasteiger partial charge in [0, 0.05) is 19.3 Å². The molecule has 0 atom stereocenters. The van der Waals surface area contributed by atoms with Gasteiger partial charge in [0.15, 0.2) is 0 Å². The highest BCUT2D eigenvalue weighted by atomic mass is 15.3. The van der Waals surface area contributed by atoms with Gasteiger partial charge >= 0.3 is 0 Å². The fourth-order valence-corrected chi connectivity index (χ4v) is 2.52. The summed E-state index contributed by atoms with van der Waals surface area (Å²) in [6.07, 6.45) is 4.11. The largest absolute Gasteiger partial charge is 0.325 e.